The minimum absolute atomic E-state index is 0.0792. The predicted molar refractivity (Wildman–Crippen MR) is 199 cm³/mol. The number of halogens is 2. The molecule has 4 N–H and O–H groups in total. The minimum Gasteiger partial charge on any atom is -0.480 e. The number of amides is 2. The van der Waals surface area contributed by atoms with Crippen LogP contribution in [-0.2, 0) is 20.9 Å². The second kappa shape index (κ2) is 18.5. The van der Waals surface area contributed by atoms with Gasteiger partial charge in [0, 0.05) is 50.7 Å². The summed E-state index contributed by atoms with van der Waals surface area (Å²) >= 11 is 1.31. The molecule has 0 saturated carbocycles. The number of benzene rings is 2. The number of carboxylic acid groups (broad SMARTS) is 1. The van der Waals surface area contributed by atoms with Crippen molar-refractivity contribution in [2.75, 3.05) is 31.2 Å². The quantitative estimate of drug-likeness (QED) is 0.0921. The smallest absolute Gasteiger partial charge is 0.407 e. The van der Waals surface area contributed by atoms with Crippen LogP contribution in [0.4, 0.5) is 13.6 Å². The Kier molecular flexibility index (Phi) is 15.1. The molecule has 13 heteroatoms. The summed E-state index contributed by atoms with van der Waals surface area (Å²) in [5.74, 6) is -1.94. The van der Waals surface area contributed by atoms with Gasteiger partial charge in [-0.25, -0.2) is 13.6 Å². The van der Waals surface area contributed by atoms with E-state index in [0.29, 0.717) is 30.9 Å². The summed E-state index contributed by atoms with van der Waals surface area (Å²) in [7, 11) is -1.36. The number of hydrogen-bond donors (Lipinski definition) is 3. The number of nitrogens with zero attached hydrogens (tertiary/aromatic N) is 2. The molecule has 2 amide bonds. The Morgan fingerprint density at radius 2 is 1.78 bits per heavy atom. The maximum absolute atomic E-state index is 15.1. The van der Waals surface area contributed by atoms with Gasteiger partial charge in [-0.2, -0.15) is 11.8 Å². The maximum Gasteiger partial charge on any atom is 0.407 e. The average molecular weight is 731 g/mol. The van der Waals surface area contributed by atoms with Crippen molar-refractivity contribution in [2.45, 2.75) is 77.9 Å². The fourth-order valence-corrected chi connectivity index (χ4v) is 7.15. The molecule has 1 aromatic heterocycles. The molecule has 274 valence electrons. The van der Waals surface area contributed by atoms with Crippen LogP contribution >= 0.6 is 11.8 Å². The van der Waals surface area contributed by atoms with Crippen molar-refractivity contribution in [2.24, 2.45) is 11.1 Å². The highest BCUT2D eigenvalue weighted by Crippen LogP contribution is 2.41. The number of rotatable bonds is 18. The SMILES string of the molecule is CC(C)(C)[C@H](c1cc(-c2cc(F)ccc2F)cn1Cc1ccccc1)N(CCCNC(=O)OCC[Si](C)(C)C)C(=O)CSCC[C@H](N)C(=O)O. The number of carbonyl (C=O) groups excluding carboxylic acids is 2. The summed E-state index contributed by atoms with van der Waals surface area (Å²) in [6, 6.07) is 14.2. The molecule has 0 radical (unpaired) electrons. The van der Waals surface area contributed by atoms with E-state index in [1.807, 2.05) is 61.7 Å². The van der Waals surface area contributed by atoms with Crippen molar-refractivity contribution in [3.05, 3.63) is 83.7 Å². The van der Waals surface area contributed by atoms with Crippen LogP contribution in [0.15, 0.2) is 60.8 Å². The van der Waals surface area contributed by atoms with Gasteiger partial charge in [0.05, 0.1) is 18.4 Å². The number of thioether (sulfide) groups is 1. The number of carboxylic acids is 1. The monoisotopic (exact) mass is 730 g/mol. The summed E-state index contributed by atoms with van der Waals surface area (Å²) in [6.45, 7) is 14.0. The molecule has 9 nitrogen and oxygen atoms in total. The van der Waals surface area contributed by atoms with E-state index in [2.05, 4.69) is 25.0 Å². The van der Waals surface area contributed by atoms with Crippen LogP contribution in [0, 0.1) is 17.0 Å². The van der Waals surface area contributed by atoms with Gasteiger partial charge in [0.2, 0.25) is 5.91 Å². The minimum atomic E-state index is -1.36. The van der Waals surface area contributed by atoms with E-state index >= 15 is 4.39 Å². The summed E-state index contributed by atoms with van der Waals surface area (Å²) in [5, 5.41) is 12.0. The van der Waals surface area contributed by atoms with Crippen molar-refractivity contribution >= 4 is 37.8 Å². The fraction of sp³-hybridized carbons (Fsp3) is 0.486. The van der Waals surface area contributed by atoms with Crippen LogP contribution in [0.1, 0.15) is 50.9 Å². The fourth-order valence-electron chi connectivity index (χ4n) is 5.53. The Balaban J connectivity index is 1.97. The molecule has 0 unspecified atom stereocenters. The van der Waals surface area contributed by atoms with E-state index in [1.165, 1.54) is 17.8 Å². The second-order valence-corrected chi connectivity index (χ2v) is 21.5. The number of alkyl carbamates (subject to hydrolysis) is 1. The van der Waals surface area contributed by atoms with Gasteiger partial charge in [-0.15, -0.1) is 0 Å². The van der Waals surface area contributed by atoms with E-state index in [4.69, 9.17) is 15.6 Å². The molecule has 1 heterocycles. The lowest BCUT2D eigenvalue weighted by molar-refractivity contribution is -0.138. The molecule has 2 atom stereocenters. The highest BCUT2D eigenvalue weighted by molar-refractivity contribution is 7.99. The molecule has 50 heavy (non-hydrogen) atoms. The predicted octanol–water partition coefficient (Wildman–Crippen LogP) is 7.39. The molecular formula is C37H52F2N4O5SSi. The first-order valence-electron chi connectivity index (χ1n) is 16.9. The lowest BCUT2D eigenvalue weighted by Crippen LogP contribution is -2.44. The van der Waals surface area contributed by atoms with Crippen LogP contribution in [0.3, 0.4) is 0 Å². The summed E-state index contributed by atoms with van der Waals surface area (Å²) in [4.78, 5) is 39.5. The molecule has 0 aliphatic rings. The first-order chi connectivity index (χ1) is 23.5. The number of nitrogens with two attached hydrogens (primary N) is 1. The van der Waals surface area contributed by atoms with Crippen LogP contribution < -0.4 is 11.1 Å². The Bertz CT molecular complexity index is 1580. The van der Waals surface area contributed by atoms with E-state index in [9.17, 15) is 18.8 Å². The normalized spacial score (nSPS) is 13.1. The van der Waals surface area contributed by atoms with Crippen molar-refractivity contribution in [3.63, 3.8) is 0 Å². The van der Waals surface area contributed by atoms with Crippen molar-refractivity contribution < 1.29 is 33.0 Å². The Hall–Kier alpha value is -3.68. The highest BCUT2D eigenvalue weighted by atomic mass is 32.2. The number of carbonyl (C=O) groups is 3. The first kappa shape index (κ1) is 40.7. The van der Waals surface area contributed by atoms with Crippen LogP contribution in [-0.4, -0.2) is 77.9 Å². The molecule has 3 rings (SSSR count). The number of aliphatic carboxylic acids is 1. The van der Waals surface area contributed by atoms with Gasteiger partial charge in [0.15, 0.2) is 0 Å². The Labute approximate surface area is 300 Å². The number of aromatic nitrogens is 1. The molecule has 2 aromatic carbocycles. The van der Waals surface area contributed by atoms with Crippen molar-refractivity contribution in [3.8, 4) is 11.1 Å². The van der Waals surface area contributed by atoms with Gasteiger partial charge in [-0.1, -0.05) is 70.7 Å². The third-order valence-electron chi connectivity index (χ3n) is 8.14. The second-order valence-electron chi connectivity index (χ2n) is 14.8. The van der Waals surface area contributed by atoms with Crippen molar-refractivity contribution in [1.82, 2.24) is 14.8 Å². The van der Waals surface area contributed by atoms with Gasteiger partial charge in [0.1, 0.15) is 17.7 Å². The lowest BCUT2D eigenvalue weighted by atomic mass is 9.83. The van der Waals surface area contributed by atoms with Gasteiger partial charge < -0.3 is 30.4 Å². The largest absolute Gasteiger partial charge is 0.480 e. The zero-order valence-corrected chi connectivity index (χ0v) is 31.8. The third-order valence-corrected chi connectivity index (χ3v) is 10.8. The zero-order chi connectivity index (χ0) is 37.1. The number of nitrogens with one attached hydrogen (secondary N) is 1. The third kappa shape index (κ3) is 12.9. The van der Waals surface area contributed by atoms with Gasteiger partial charge in [-0.05, 0) is 59.9 Å². The van der Waals surface area contributed by atoms with Gasteiger partial charge in [0.25, 0.3) is 0 Å². The van der Waals surface area contributed by atoms with E-state index < -0.39 is 49.3 Å². The van der Waals surface area contributed by atoms with Gasteiger partial charge in [-0.3, -0.25) is 9.59 Å². The summed E-state index contributed by atoms with van der Waals surface area (Å²) in [6.07, 6.45) is 1.93. The molecule has 0 aliphatic heterocycles. The summed E-state index contributed by atoms with van der Waals surface area (Å²) < 4.78 is 36.8. The topological polar surface area (TPSA) is 127 Å². The van der Waals surface area contributed by atoms with E-state index in [0.717, 1.165) is 29.4 Å². The van der Waals surface area contributed by atoms with Gasteiger partial charge >= 0.3 is 12.1 Å². The number of ether oxygens (including phenoxy) is 1. The molecular weight excluding hydrogens is 679 g/mol. The summed E-state index contributed by atoms with van der Waals surface area (Å²) in [5.41, 5.74) is 7.48. The molecule has 0 bridgehead atoms. The lowest BCUT2D eigenvalue weighted by Gasteiger charge is -2.41. The average Bonchev–Trinajstić information content (AvgIpc) is 3.43. The zero-order valence-electron chi connectivity index (χ0n) is 30.0. The van der Waals surface area contributed by atoms with Crippen molar-refractivity contribution in [1.29, 1.82) is 0 Å². The Morgan fingerprint density at radius 3 is 2.42 bits per heavy atom. The van der Waals surface area contributed by atoms with Crippen LogP contribution in [0.5, 0.6) is 0 Å². The molecule has 0 saturated heterocycles. The molecule has 0 spiro atoms. The standard InChI is InChI=1S/C37H52F2N4O5SSi/c1-37(2,3)34(32-21-27(29-22-28(38)13-14-30(29)39)24-42(32)23-26-11-8-7-9-12-26)43(33(44)25-49-19-15-31(40)35(45)46)17-10-16-41-36(47)48-18-20-50(4,5)6/h7-9,11-14,21-22,24,31,34H,10,15-20,23,25,40H2,1-6H3,(H,41,47)(H,45,46)/t31-,34-/m0/s1. The first-order valence-corrected chi connectivity index (χ1v) is 21.8. The highest BCUT2D eigenvalue weighted by Gasteiger charge is 2.37. The number of hydrogen-bond acceptors (Lipinski definition) is 6. The molecule has 3 aromatic rings. The van der Waals surface area contributed by atoms with E-state index in [1.54, 1.807) is 11.1 Å². The maximum atomic E-state index is 15.1. The molecule has 0 fully saturated rings. The Morgan fingerprint density at radius 1 is 1.08 bits per heavy atom. The van der Waals surface area contributed by atoms with E-state index in [-0.39, 0.29) is 36.7 Å². The van der Waals surface area contributed by atoms with Crippen LogP contribution in [0.2, 0.25) is 25.7 Å². The molecule has 0 aliphatic carbocycles. The van der Waals surface area contributed by atoms with Crippen LogP contribution in [0.25, 0.3) is 11.1 Å².